The van der Waals surface area contributed by atoms with E-state index in [2.05, 4.69) is 0 Å². The summed E-state index contributed by atoms with van der Waals surface area (Å²) < 4.78 is 0. The van der Waals surface area contributed by atoms with Gasteiger partial charge in [0.25, 0.3) is 5.91 Å². The second-order valence-corrected chi connectivity index (χ2v) is 3.53. The van der Waals surface area contributed by atoms with Crippen molar-refractivity contribution in [1.29, 1.82) is 0 Å². The molecule has 0 bridgehead atoms. The highest BCUT2D eigenvalue weighted by Gasteiger charge is 2.18. The summed E-state index contributed by atoms with van der Waals surface area (Å²) in [5.74, 6) is -0.172. The standard InChI is InChI=1S/C11H16N2O2/c1-8(7-14)13(2)11(15)9-5-3-4-6-10(9)12/h3-6,8,14H,7,12H2,1-2H3. The summed E-state index contributed by atoms with van der Waals surface area (Å²) in [4.78, 5) is 13.4. The molecule has 4 nitrogen and oxygen atoms in total. The third kappa shape index (κ3) is 2.47. The van der Waals surface area contributed by atoms with Crippen molar-refractivity contribution in [2.24, 2.45) is 0 Å². The van der Waals surface area contributed by atoms with Crippen molar-refractivity contribution >= 4 is 11.6 Å². The first-order valence-electron chi connectivity index (χ1n) is 4.80. The fourth-order valence-electron chi connectivity index (χ4n) is 1.20. The van der Waals surface area contributed by atoms with Gasteiger partial charge in [0, 0.05) is 12.7 Å². The van der Waals surface area contributed by atoms with E-state index in [1.54, 1.807) is 38.2 Å². The number of para-hydroxylation sites is 1. The molecular formula is C11H16N2O2. The molecule has 0 radical (unpaired) electrons. The zero-order valence-electron chi connectivity index (χ0n) is 8.97. The summed E-state index contributed by atoms with van der Waals surface area (Å²) in [5, 5.41) is 8.95. The number of benzene rings is 1. The van der Waals surface area contributed by atoms with E-state index in [1.165, 1.54) is 4.90 Å². The van der Waals surface area contributed by atoms with Crippen LogP contribution in [0.2, 0.25) is 0 Å². The summed E-state index contributed by atoms with van der Waals surface area (Å²) >= 11 is 0. The number of amides is 1. The molecule has 0 heterocycles. The summed E-state index contributed by atoms with van der Waals surface area (Å²) in [6.07, 6.45) is 0. The van der Waals surface area contributed by atoms with Crippen molar-refractivity contribution < 1.29 is 9.90 Å². The molecule has 0 aliphatic rings. The number of hydrogen-bond donors (Lipinski definition) is 2. The molecule has 1 aromatic carbocycles. The second kappa shape index (κ2) is 4.79. The molecule has 0 fully saturated rings. The summed E-state index contributed by atoms with van der Waals surface area (Å²) in [5.41, 5.74) is 6.62. The monoisotopic (exact) mass is 208 g/mol. The fourth-order valence-corrected chi connectivity index (χ4v) is 1.20. The molecule has 1 aromatic rings. The van der Waals surface area contributed by atoms with Gasteiger partial charge in [-0.1, -0.05) is 12.1 Å². The lowest BCUT2D eigenvalue weighted by molar-refractivity contribution is 0.0683. The van der Waals surface area contributed by atoms with Gasteiger partial charge in [0.15, 0.2) is 0 Å². The van der Waals surface area contributed by atoms with Crippen molar-refractivity contribution in [2.75, 3.05) is 19.4 Å². The third-order valence-electron chi connectivity index (χ3n) is 2.44. The first-order chi connectivity index (χ1) is 7.07. The summed E-state index contributed by atoms with van der Waals surface area (Å²) in [6.45, 7) is 1.71. The molecule has 0 saturated carbocycles. The molecule has 82 valence electrons. The molecule has 1 amide bonds. The van der Waals surface area contributed by atoms with Crippen LogP contribution in [0.5, 0.6) is 0 Å². The topological polar surface area (TPSA) is 66.6 Å². The van der Waals surface area contributed by atoms with Crippen molar-refractivity contribution in [1.82, 2.24) is 4.90 Å². The van der Waals surface area contributed by atoms with Crippen LogP contribution < -0.4 is 5.73 Å². The summed E-state index contributed by atoms with van der Waals surface area (Å²) in [6, 6.07) is 6.70. The molecule has 0 aliphatic heterocycles. The molecule has 0 saturated heterocycles. The Morgan fingerprint density at radius 3 is 2.67 bits per heavy atom. The number of likely N-dealkylation sites (N-methyl/N-ethyl adjacent to an activating group) is 1. The normalized spacial score (nSPS) is 12.2. The largest absolute Gasteiger partial charge is 0.398 e. The first kappa shape index (κ1) is 11.5. The lowest BCUT2D eigenvalue weighted by Crippen LogP contribution is -2.37. The van der Waals surface area contributed by atoms with Crippen LogP contribution in [0.25, 0.3) is 0 Å². The van der Waals surface area contributed by atoms with E-state index >= 15 is 0 Å². The fraction of sp³-hybridized carbons (Fsp3) is 0.364. The number of anilines is 1. The van der Waals surface area contributed by atoms with Gasteiger partial charge in [0.05, 0.1) is 18.2 Å². The number of carbonyl (C=O) groups is 1. The van der Waals surface area contributed by atoms with Crippen molar-refractivity contribution in [3.63, 3.8) is 0 Å². The predicted octanol–water partition coefficient (Wildman–Crippen LogP) is 0.722. The highest BCUT2D eigenvalue weighted by Crippen LogP contribution is 2.13. The SMILES string of the molecule is CC(CO)N(C)C(=O)c1ccccc1N. The predicted molar refractivity (Wildman–Crippen MR) is 59.5 cm³/mol. The molecule has 1 rings (SSSR count). The Kier molecular flexibility index (Phi) is 3.68. The van der Waals surface area contributed by atoms with Crippen LogP contribution in [0.4, 0.5) is 5.69 Å². The van der Waals surface area contributed by atoms with Crippen LogP contribution >= 0.6 is 0 Å². The number of hydrogen-bond acceptors (Lipinski definition) is 3. The average Bonchev–Trinajstić information content (AvgIpc) is 2.26. The summed E-state index contributed by atoms with van der Waals surface area (Å²) in [7, 11) is 1.65. The Morgan fingerprint density at radius 2 is 2.13 bits per heavy atom. The van der Waals surface area contributed by atoms with Crippen LogP contribution in [0, 0.1) is 0 Å². The molecule has 0 aromatic heterocycles. The Bertz CT molecular complexity index is 352. The zero-order valence-corrected chi connectivity index (χ0v) is 8.97. The minimum Gasteiger partial charge on any atom is -0.398 e. The van der Waals surface area contributed by atoms with E-state index < -0.39 is 0 Å². The highest BCUT2D eigenvalue weighted by atomic mass is 16.3. The maximum atomic E-state index is 11.9. The van der Waals surface area contributed by atoms with Gasteiger partial charge >= 0.3 is 0 Å². The van der Waals surface area contributed by atoms with Crippen molar-refractivity contribution in [2.45, 2.75) is 13.0 Å². The van der Waals surface area contributed by atoms with Gasteiger partial charge in [-0.3, -0.25) is 4.79 Å². The van der Waals surface area contributed by atoms with Crippen molar-refractivity contribution in [3.8, 4) is 0 Å². The van der Waals surface area contributed by atoms with Gasteiger partial charge in [0.2, 0.25) is 0 Å². The molecular weight excluding hydrogens is 192 g/mol. The molecule has 3 N–H and O–H groups in total. The van der Waals surface area contributed by atoms with E-state index in [0.29, 0.717) is 11.3 Å². The highest BCUT2D eigenvalue weighted by molar-refractivity contribution is 5.99. The minimum absolute atomic E-state index is 0.0605. The Balaban J connectivity index is 2.90. The molecule has 1 unspecified atom stereocenters. The van der Waals surface area contributed by atoms with Gasteiger partial charge in [0.1, 0.15) is 0 Å². The Labute approximate surface area is 89.3 Å². The smallest absolute Gasteiger partial charge is 0.256 e. The number of carbonyl (C=O) groups excluding carboxylic acids is 1. The van der Waals surface area contributed by atoms with Gasteiger partial charge in [-0.15, -0.1) is 0 Å². The third-order valence-corrected chi connectivity index (χ3v) is 2.44. The van der Waals surface area contributed by atoms with Crippen LogP contribution in [0.3, 0.4) is 0 Å². The maximum Gasteiger partial charge on any atom is 0.256 e. The van der Waals surface area contributed by atoms with E-state index in [9.17, 15) is 4.79 Å². The van der Waals surface area contributed by atoms with Crippen LogP contribution in [-0.4, -0.2) is 35.6 Å². The quantitative estimate of drug-likeness (QED) is 0.719. The number of nitrogens with two attached hydrogens (primary N) is 1. The van der Waals surface area contributed by atoms with E-state index in [1.807, 2.05) is 0 Å². The van der Waals surface area contributed by atoms with Gasteiger partial charge in [-0.2, -0.15) is 0 Å². The maximum absolute atomic E-state index is 11.9. The number of nitrogen functional groups attached to an aromatic ring is 1. The van der Waals surface area contributed by atoms with Gasteiger partial charge in [-0.25, -0.2) is 0 Å². The van der Waals surface area contributed by atoms with Gasteiger partial charge < -0.3 is 15.7 Å². The van der Waals surface area contributed by atoms with Crippen LogP contribution in [-0.2, 0) is 0 Å². The molecule has 1 atom stereocenters. The lowest BCUT2D eigenvalue weighted by atomic mass is 10.1. The molecule has 15 heavy (non-hydrogen) atoms. The van der Waals surface area contributed by atoms with Crippen molar-refractivity contribution in [3.05, 3.63) is 29.8 Å². The van der Waals surface area contributed by atoms with Crippen LogP contribution in [0.15, 0.2) is 24.3 Å². The Morgan fingerprint density at radius 1 is 1.53 bits per heavy atom. The number of rotatable bonds is 3. The molecule has 0 spiro atoms. The van der Waals surface area contributed by atoms with E-state index in [-0.39, 0.29) is 18.6 Å². The zero-order chi connectivity index (χ0) is 11.4. The van der Waals surface area contributed by atoms with E-state index in [0.717, 1.165) is 0 Å². The second-order valence-electron chi connectivity index (χ2n) is 3.53. The Hall–Kier alpha value is -1.55. The first-order valence-corrected chi connectivity index (χ1v) is 4.80. The van der Waals surface area contributed by atoms with Crippen LogP contribution in [0.1, 0.15) is 17.3 Å². The lowest BCUT2D eigenvalue weighted by Gasteiger charge is -2.23. The minimum atomic E-state index is -0.211. The van der Waals surface area contributed by atoms with Gasteiger partial charge in [-0.05, 0) is 19.1 Å². The number of nitrogens with zero attached hydrogens (tertiary/aromatic N) is 1. The number of aliphatic hydroxyl groups is 1. The number of aliphatic hydroxyl groups excluding tert-OH is 1. The van der Waals surface area contributed by atoms with E-state index in [4.69, 9.17) is 10.8 Å². The molecule has 0 aliphatic carbocycles. The average molecular weight is 208 g/mol. The molecule has 4 heteroatoms.